The Hall–Kier alpha value is -2.45. The minimum atomic E-state index is -0.00867. The zero-order chi connectivity index (χ0) is 21.1. The molecule has 0 aliphatic heterocycles. The predicted octanol–water partition coefficient (Wildman–Crippen LogP) is 3.41. The van der Waals surface area contributed by atoms with Crippen LogP contribution in [0.2, 0.25) is 0 Å². The van der Waals surface area contributed by atoms with E-state index in [4.69, 9.17) is 9.72 Å². The number of carbonyl (C=O) groups is 1. The molecule has 0 aliphatic carbocycles. The van der Waals surface area contributed by atoms with Crippen LogP contribution in [0.5, 0.6) is 5.75 Å². The van der Waals surface area contributed by atoms with E-state index in [1.54, 1.807) is 16.7 Å². The average molecular weight is 416 g/mol. The molecule has 7 nitrogen and oxygen atoms in total. The van der Waals surface area contributed by atoms with Crippen molar-refractivity contribution in [1.29, 1.82) is 0 Å². The lowest BCUT2D eigenvalue weighted by atomic mass is 10.2. The van der Waals surface area contributed by atoms with Gasteiger partial charge in [-0.2, -0.15) is 5.10 Å². The van der Waals surface area contributed by atoms with Crippen molar-refractivity contribution in [1.82, 2.24) is 19.7 Å². The van der Waals surface area contributed by atoms with Gasteiger partial charge < -0.3 is 9.64 Å². The third-order valence-electron chi connectivity index (χ3n) is 4.82. The number of benzene rings is 1. The van der Waals surface area contributed by atoms with E-state index >= 15 is 0 Å². The molecule has 0 radical (unpaired) electrons. The Morgan fingerprint density at radius 2 is 1.97 bits per heavy atom. The van der Waals surface area contributed by atoms with Gasteiger partial charge in [-0.15, -0.1) is 0 Å². The molecular weight excluding hydrogens is 386 g/mol. The molecule has 0 unspecified atom stereocenters. The number of anilines is 1. The molecule has 1 aromatic carbocycles. The SMILES string of the molecule is COc1ccc(C)c2sc(N(CCCN(C)C)C(=O)Cn3nc(C)cc3C)nc12. The standard InChI is InChI=1S/C21H29N5O2S/c1-14-8-9-17(28-6)19-20(14)29-21(22-19)25(11-7-10-24(4)5)18(27)13-26-16(3)12-15(2)23-26/h8-9,12H,7,10-11,13H2,1-6H3. The van der Waals surface area contributed by atoms with E-state index in [1.165, 1.54) is 11.3 Å². The van der Waals surface area contributed by atoms with E-state index in [0.29, 0.717) is 11.7 Å². The number of methoxy groups -OCH3 is 1. The van der Waals surface area contributed by atoms with Gasteiger partial charge in [0.15, 0.2) is 5.13 Å². The van der Waals surface area contributed by atoms with Crippen molar-refractivity contribution in [2.45, 2.75) is 33.7 Å². The maximum atomic E-state index is 13.3. The van der Waals surface area contributed by atoms with E-state index < -0.39 is 0 Å². The summed E-state index contributed by atoms with van der Waals surface area (Å²) >= 11 is 1.54. The molecule has 0 saturated carbocycles. The summed E-state index contributed by atoms with van der Waals surface area (Å²) in [5.41, 5.74) is 3.83. The molecule has 0 spiro atoms. The van der Waals surface area contributed by atoms with Gasteiger partial charge in [0.2, 0.25) is 0 Å². The summed E-state index contributed by atoms with van der Waals surface area (Å²) < 4.78 is 8.29. The van der Waals surface area contributed by atoms with Crippen LogP contribution in [0, 0.1) is 20.8 Å². The normalized spacial score (nSPS) is 11.4. The number of ether oxygens (including phenoxy) is 1. The van der Waals surface area contributed by atoms with Crippen LogP contribution in [-0.4, -0.2) is 59.9 Å². The summed E-state index contributed by atoms with van der Waals surface area (Å²) in [6, 6.07) is 5.93. The van der Waals surface area contributed by atoms with Gasteiger partial charge in [-0.3, -0.25) is 14.4 Å². The first-order valence-corrected chi connectivity index (χ1v) is 10.5. The van der Waals surface area contributed by atoms with Crippen LogP contribution in [0.15, 0.2) is 18.2 Å². The third kappa shape index (κ3) is 4.76. The monoisotopic (exact) mass is 415 g/mol. The number of hydrogen-bond donors (Lipinski definition) is 0. The van der Waals surface area contributed by atoms with E-state index in [2.05, 4.69) is 16.9 Å². The summed E-state index contributed by atoms with van der Waals surface area (Å²) in [4.78, 5) is 22.0. The van der Waals surface area contributed by atoms with E-state index in [-0.39, 0.29) is 12.5 Å². The molecule has 29 heavy (non-hydrogen) atoms. The lowest BCUT2D eigenvalue weighted by Crippen LogP contribution is -2.36. The summed E-state index contributed by atoms with van der Waals surface area (Å²) in [5.74, 6) is 0.720. The van der Waals surface area contributed by atoms with E-state index in [9.17, 15) is 4.79 Å². The van der Waals surface area contributed by atoms with Gasteiger partial charge in [-0.1, -0.05) is 17.4 Å². The molecule has 3 aromatic rings. The topological polar surface area (TPSA) is 63.5 Å². The highest BCUT2D eigenvalue weighted by molar-refractivity contribution is 7.22. The van der Waals surface area contributed by atoms with Crippen LogP contribution in [0.1, 0.15) is 23.4 Å². The Bertz CT molecular complexity index is 1010. The van der Waals surface area contributed by atoms with E-state index in [0.717, 1.165) is 45.9 Å². The first-order valence-electron chi connectivity index (χ1n) is 9.70. The number of nitrogens with zero attached hydrogens (tertiary/aromatic N) is 5. The molecule has 0 atom stereocenters. The van der Waals surface area contributed by atoms with Crippen LogP contribution in [0.25, 0.3) is 10.2 Å². The Morgan fingerprint density at radius 3 is 2.59 bits per heavy atom. The Balaban J connectivity index is 1.94. The number of hydrogen-bond acceptors (Lipinski definition) is 6. The summed E-state index contributed by atoms with van der Waals surface area (Å²) in [5, 5.41) is 5.15. The fourth-order valence-corrected chi connectivity index (χ4v) is 4.39. The molecule has 8 heteroatoms. The largest absolute Gasteiger partial charge is 0.494 e. The van der Waals surface area contributed by atoms with Gasteiger partial charge in [-0.25, -0.2) is 4.98 Å². The number of rotatable bonds is 8. The fraction of sp³-hybridized carbons (Fsp3) is 0.476. The Labute approximate surface area is 175 Å². The molecule has 3 rings (SSSR count). The summed E-state index contributed by atoms with van der Waals surface area (Å²) in [6.07, 6.45) is 0.863. The lowest BCUT2D eigenvalue weighted by Gasteiger charge is -2.21. The average Bonchev–Trinajstić information content (AvgIpc) is 3.23. The van der Waals surface area contributed by atoms with Crippen LogP contribution >= 0.6 is 11.3 Å². The molecule has 0 fully saturated rings. The van der Waals surface area contributed by atoms with Crippen molar-refractivity contribution in [2.24, 2.45) is 0 Å². The smallest absolute Gasteiger partial charge is 0.250 e. The molecule has 0 N–H and O–H groups in total. The molecular formula is C21H29N5O2S. The van der Waals surface area contributed by atoms with Crippen molar-refractivity contribution in [3.63, 3.8) is 0 Å². The molecule has 156 valence electrons. The summed E-state index contributed by atoms with van der Waals surface area (Å²) in [6.45, 7) is 7.67. The van der Waals surface area contributed by atoms with Crippen LogP contribution in [0.4, 0.5) is 5.13 Å². The number of carbonyl (C=O) groups excluding carboxylic acids is 1. The number of amides is 1. The second-order valence-electron chi connectivity index (χ2n) is 7.55. The van der Waals surface area contributed by atoms with Gasteiger partial charge in [0.25, 0.3) is 5.91 Å². The number of aromatic nitrogens is 3. The molecule has 1 amide bonds. The third-order valence-corrected chi connectivity index (χ3v) is 6.03. The van der Waals surface area contributed by atoms with Crippen molar-refractivity contribution >= 4 is 32.6 Å². The van der Waals surface area contributed by atoms with Crippen molar-refractivity contribution in [2.75, 3.05) is 39.2 Å². The minimum Gasteiger partial charge on any atom is -0.494 e. The van der Waals surface area contributed by atoms with Crippen LogP contribution < -0.4 is 9.64 Å². The highest BCUT2D eigenvalue weighted by atomic mass is 32.1. The first-order chi connectivity index (χ1) is 13.8. The molecule has 2 heterocycles. The van der Waals surface area contributed by atoms with Gasteiger partial charge in [0.1, 0.15) is 17.8 Å². The fourth-order valence-electron chi connectivity index (χ4n) is 3.30. The molecule has 0 saturated heterocycles. The first kappa shape index (κ1) is 21.3. The molecule has 0 aliphatic rings. The van der Waals surface area contributed by atoms with E-state index in [1.807, 2.05) is 46.1 Å². The Morgan fingerprint density at radius 1 is 1.21 bits per heavy atom. The highest BCUT2D eigenvalue weighted by Crippen LogP contribution is 2.36. The van der Waals surface area contributed by atoms with Crippen molar-refractivity contribution in [3.8, 4) is 5.75 Å². The van der Waals surface area contributed by atoms with Crippen LogP contribution in [-0.2, 0) is 11.3 Å². The van der Waals surface area contributed by atoms with Gasteiger partial charge >= 0.3 is 0 Å². The number of aryl methyl sites for hydroxylation is 3. The zero-order valence-electron chi connectivity index (χ0n) is 18.0. The van der Waals surface area contributed by atoms with Crippen LogP contribution in [0.3, 0.4) is 0 Å². The highest BCUT2D eigenvalue weighted by Gasteiger charge is 2.22. The van der Waals surface area contributed by atoms with Crippen molar-refractivity contribution < 1.29 is 9.53 Å². The quantitative estimate of drug-likeness (QED) is 0.564. The zero-order valence-corrected chi connectivity index (χ0v) is 18.8. The minimum absolute atomic E-state index is 0.00867. The van der Waals surface area contributed by atoms with Gasteiger partial charge in [0.05, 0.1) is 17.5 Å². The molecule has 2 aromatic heterocycles. The predicted molar refractivity (Wildman–Crippen MR) is 118 cm³/mol. The van der Waals surface area contributed by atoms with Crippen molar-refractivity contribution in [3.05, 3.63) is 35.2 Å². The Kier molecular flexibility index (Phi) is 6.54. The molecule has 0 bridgehead atoms. The number of fused-ring (bicyclic) bond motifs is 1. The second kappa shape index (κ2) is 8.92. The maximum Gasteiger partial charge on any atom is 0.250 e. The lowest BCUT2D eigenvalue weighted by molar-refractivity contribution is -0.119. The van der Waals surface area contributed by atoms with Gasteiger partial charge in [-0.05, 0) is 65.5 Å². The summed E-state index contributed by atoms with van der Waals surface area (Å²) in [7, 11) is 5.72. The maximum absolute atomic E-state index is 13.3. The number of thiazole rings is 1. The second-order valence-corrected chi connectivity index (χ2v) is 8.52. The van der Waals surface area contributed by atoms with Gasteiger partial charge in [0, 0.05) is 12.2 Å².